The molecule has 1 aromatic carbocycles. The van der Waals surface area contributed by atoms with Crippen LogP contribution in [0.3, 0.4) is 0 Å². The summed E-state index contributed by atoms with van der Waals surface area (Å²) in [6.07, 6.45) is 1.32. The Balaban J connectivity index is 1.59. The van der Waals surface area contributed by atoms with E-state index in [9.17, 15) is 17.6 Å². The minimum absolute atomic E-state index is 0.121. The maximum absolute atomic E-state index is 13.0. The summed E-state index contributed by atoms with van der Waals surface area (Å²) in [6.45, 7) is 4.97. The highest BCUT2D eigenvalue weighted by Crippen LogP contribution is 2.24. The van der Waals surface area contributed by atoms with Gasteiger partial charge in [-0.05, 0) is 43.7 Å². The molecule has 30 heavy (non-hydrogen) atoms. The number of halogens is 1. The second-order valence-electron chi connectivity index (χ2n) is 6.89. The van der Waals surface area contributed by atoms with Gasteiger partial charge in [-0.15, -0.1) is 0 Å². The molecule has 1 aromatic heterocycles. The van der Waals surface area contributed by atoms with Crippen LogP contribution < -0.4 is 5.32 Å². The van der Waals surface area contributed by atoms with E-state index in [1.54, 1.807) is 25.1 Å². The number of hydrogen-bond acceptors (Lipinski definition) is 6. The quantitative estimate of drug-likeness (QED) is 0.649. The molecular formula is C20H24FN3O4S2. The Morgan fingerprint density at radius 1 is 1.17 bits per heavy atom. The molecule has 0 saturated carbocycles. The number of pyridine rings is 1. The van der Waals surface area contributed by atoms with Crippen LogP contribution in [0, 0.1) is 5.82 Å². The van der Waals surface area contributed by atoms with Gasteiger partial charge in [0.1, 0.15) is 10.7 Å². The third-order valence-corrected chi connectivity index (χ3v) is 7.65. The van der Waals surface area contributed by atoms with Crippen molar-refractivity contribution < 1.29 is 22.3 Å². The average Bonchev–Trinajstić information content (AvgIpc) is 2.75. The second-order valence-corrected chi connectivity index (χ2v) is 10.2. The first kappa shape index (κ1) is 22.7. The molecule has 1 aliphatic heterocycles. The number of rotatable bonds is 7. The van der Waals surface area contributed by atoms with Gasteiger partial charge < -0.3 is 10.1 Å². The van der Waals surface area contributed by atoms with Crippen molar-refractivity contribution in [3.8, 4) is 0 Å². The number of aromatic nitrogens is 1. The molecule has 1 aliphatic rings. The largest absolute Gasteiger partial charge is 0.379 e. The summed E-state index contributed by atoms with van der Waals surface area (Å²) in [5.41, 5.74) is 0.803. The van der Waals surface area contributed by atoms with Gasteiger partial charge in [0, 0.05) is 19.3 Å². The van der Waals surface area contributed by atoms with Crippen LogP contribution in [0.2, 0.25) is 0 Å². The lowest BCUT2D eigenvalue weighted by Gasteiger charge is -2.25. The molecule has 1 amide bonds. The summed E-state index contributed by atoms with van der Waals surface area (Å²) < 4.78 is 44.9. The number of carbonyl (C=O) groups excluding carboxylic acids is 1. The topological polar surface area (TPSA) is 88.6 Å². The van der Waals surface area contributed by atoms with Gasteiger partial charge in [0.25, 0.3) is 0 Å². The fourth-order valence-electron chi connectivity index (χ4n) is 2.93. The van der Waals surface area contributed by atoms with Crippen LogP contribution in [0.25, 0.3) is 0 Å². The number of thioether (sulfide) groups is 1. The minimum atomic E-state index is -3.60. The van der Waals surface area contributed by atoms with E-state index in [-0.39, 0.29) is 22.7 Å². The predicted octanol–water partition coefficient (Wildman–Crippen LogP) is 2.60. The molecule has 0 aliphatic carbocycles. The van der Waals surface area contributed by atoms with Gasteiger partial charge in [0.2, 0.25) is 15.9 Å². The van der Waals surface area contributed by atoms with Crippen LogP contribution in [0.1, 0.15) is 25.5 Å². The zero-order valence-corrected chi connectivity index (χ0v) is 18.4. The number of carbonyl (C=O) groups is 1. The smallest absolute Gasteiger partial charge is 0.244 e. The molecule has 2 heterocycles. The first-order valence-corrected chi connectivity index (χ1v) is 11.9. The molecule has 1 fully saturated rings. The van der Waals surface area contributed by atoms with Gasteiger partial charge in [-0.1, -0.05) is 23.9 Å². The lowest BCUT2D eigenvalue weighted by atomic mass is 10.1. The molecule has 0 bridgehead atoms. The Kier molecular flexibility index (Phi) is 7.45. The highest BCUT2D eigenvalue weighted by molar-refractivity contribution is 8.00. The molecule has 1 saturated heterocycles. The zero-order valence-electron chi connectivity index (χ0n) is 16.7. The van der Waals surface area contributed by atoms with E-state index >= 15 is 0 Å². The summed E-state index contributed by atoms with van der Waals surface area (Å²) in [6, 6.07) is 8.81. The van der Waals surface area contributed by atoms with Crippen molar-refractivity contribution in [3.63, 3.8) is 0 Å². The van der Waals surface area contributed by atoms with Crippen molar-refractivity contribution in [2.45, 2.75) is 35.1 Å². The van der Waals surface area contributed by atoms with Gasteiger partial charge in [-0.3, -0.25) is 4.79 Å². The Morgan fingerprint density at radius 3 is 2.43 bits per heavy atom. The molecule has 3 rings (SSSR count). The zero-order chi connectivity index (χ0) is 21.7. The van der Waals surface area contributed by atoms with Gasteiger partial charge in [-0.25, -0.2) is 17.8 Å². The summed E-state index contributed by atoms with van der Waals surface area (Å²) in [5, 5.41) is 3.00. The normalized spacial score (nSPS) is 17.3. The molecule has 10 heteroatoms. The molecule has 2 aromatic rings. The summed E-state index contributed by atoms with van der Waals surface area (Å²) in [5.74, 6) is -0.519. The highest BCUT2D eigenvalue weighted by Gasteiger charge is 2.27. The first-order valence-electron chi connectivity index (χ1n) is 9.54. The predicted molar refractivity (Wildman–Crippen MR) is 112 cm³/mol. The molecule has 1 N–H and O–H groups in total. The molecule has 2 unspecified atom stereocenters. The van der Waals surface area contributed by atoms with Gasteiger partial charge >= 0.3 is 0 Å². The number of morpholine rings is 1. The van der Waals surface area contributed by atoms with Crippen LogP contribution in [0.4, 0.5) is 4.39 Å². The molecular weight excluding hydrogens is 429 g/mol. The van der Waals surface area contributed by atoms with E-state index in [1.807, 2.05) is 6.92 Å². The Hall–Kier alpha value is -2.01. The van der Waals surface area contributed by atoms with Crippen LogP contribution in [-0.4, -0.2) is 55.2 Å². The van der Waals surface area contributed by atoms with E-state index in [4.69, 9.17) is 4.74 Å². The van der Waals surface area contributed by atoms with E-state index in [1.165, 1.54) is 40.5 Å². The lowest BCUT2D eigenvalue weighted by molar-refractivity contribution is -0.120. The van der Waals surface area contributed by atoms with Crippen molar-refractivity contribution in [2.75, 3.05) is 26.3 Å². The number of sulfonamides is 1. The standard InChI is InChI=1S/C20H24FN3O4S2/c1-14(16-3-5-17(21)6-4-16)23-20(25)15(2)29-19-8-7-18(13-22-19)30(26,27)24-9-11-28-12-10-24/h3-8,13-15H,9-12H2,1-2H3,(H,23,25). The van der Waals surface area contributed by atoms with Crippen molar-refractivity contribution in [3.05, 3.63) is 54.0 Å². The van der Waals surface area contributed by atoms with E-state index in [0.29, 0.717) is 31.3 Å². The fourth-order valence-corrected chi connectivity index (χ4v) is 5.08. The van der Waals surface area contributed by atoms with Crippen molar-refractivity contribution in [1.29, 1.82) is 0 Å². The van der Waals surface area contributed by atoms with Crippen LogP contribution in [0.5, 0.6) is 0 Å². The SMILES string of the molecule is CC(Sc1ccc(S(=O)(=O)N2CCOCC2)cn1)C(=O)NC(C)c1ccc(F)cc1. The van der Waals surface area contributed by atoms with Gasteiger partial charge in [0.15, 0.2) is 0 Å². The first-order chi connectivity index (χ1) is 14.3. The van der Waals surface area contributed by atoms with Gasteiger partial charge in [-0.2, -0.15) is 4.31 Å². The number of amides is 1. The number of nitrogens with one attached hydrogen (secondary N) is 1. The van der Waals surface area contributed by atoms with Crippen LogP contribution >= 0.6 is 11.8 Å². The van der Waals surface area contributed by atoms with Crippen molar-refractivity contribution >= 4 is 27.7 Å². The Bertz CT molecular complexity index is 963. The third kappa shape index (κ3) is 5.57. The number of ether oxygens (including phenoxy) is 1. The molecule has 0 spiro atoms. The Morgan fingerprint density at radius 2 is 1.83 bits per heavy atom. The average molecular weight is 454 g/mol. The van der Waals surface area contributed by atoms with E-state index in [0.717, 1.165) is 5.56 Å². The Labute approximate surface area is 180 Å². The van der Waals surface area contributed by atoms with Gasteiger partial charge in [0.05, 0.1) is 29.5 Å². The number of nitrogens with zero attached hydrogens (tertiary/aromatic N) is 2. The maximum atomic E-state index is 13.0. The van der Waals surface area contributed by atoms with Crippen molar-refractivity contribution in [2.24, 2.45) is 0 Å². The summed E-state index contributed by atoms with van der Waals surface area (Å²) in [4.78, 5) is 16.8. The summed E-state index contributed by atoms with van der Waals surface area (Å²) >= 11 is 1.23. The van der Waals surface area contributed by atoms with Crippen LogP contribution in [-0.2, 0) is 19.6 Å². The number of hydrogen-bond donors (Lipinski definition) is 1. The number of benzene rings is 1. The molecule has 0 radical (unpaired) electrons. The van der Waals surface area contributed by atoms with E-state index in [2.05, 4.69) is 10.3 Å². The minimum Gasteiger partial charge on any atom is -0.379 e. The van der Waals surface area contributed by atoms with Crippen LogP contribution in [0.15, 0.2) is 52.5 Å². The van der Waals surface area contributed by atoms with Crippen molar-refractivity contribution in [1.82, 2.24) is 14.6 Å². The fraction of sp³-hybridized carbons (Fsp3) is 0.400. The summed E-state index contributed by atoms with van der Waals surface area (Å²) in [7, 11) is -3.60. The monoisotopic (exact) mass is 453 g/mol. The molecule has 162 valence electrons. The third-order valence-electron chi connectivity index (χ3n) is 4.71. The lowest BCUT2D eigenvalue weighted by Crippen LogP contribution is -2.40. The molecule has 2 atom stereocenters. The molecule has 7 nitrogen and oxygen atoms in total. The second kappa shape index (κ2) is 9.86. The highest BCUT2D eigenvalue weighted by atomic mass is 32.2. The maximum Gasteiger partial charge on any atom is 0.244 e. The van der Waals surface area contributed by atoms with E-state index < -0.39 is 15.3 Å².